The standard InChI is InChI=1S/C14H18N2O3/c1-11-6-5-9-15(11)14(19)16(10-13(17)18)12-7-3-2-4-8-12/h2-4,7-8,11H,5-6,9-10H2,1H3,(H,17,18). The Bertz CT molecular complexity index is 461. The van der Waals surface area contributed by atoms with Gasteiger partial charge in [-0.25, -0.2) is 4.79 Å². The fourth-order valence-electron chi connectivity index (χ4n) is 2.39. The minimum atomic E-state index is -1.01. The fraction of sp³-hybridized carbons (Fsp3) is 0.429. The minimum absolute atomic E-state index is 0.174. The van der Waals surface area contributed by atoms with Crippen LogP contribution >= 0.6 is 0 Å². The zero-order chi connectivity index (χ0) is 13.8. The lowest BCUT2D eigenvalue weighted by Gasteiger charge is -2.29. The zero-order valence-corrected chi connectivity index (χ0v) is 11.0. The van der Waals surface area contributed by atoms with Crippen molar-refractivity contribution in [2.45, 2.75) is 25.8 Å². The lowest BCUT2D eigenvalue weighted by atomic mass is 10.2. The number of para-hydroxylation sites is 1. The highest BCUT2D eigenvalue weighted by Gasteiger charge is 2.30. The molecule has 2 amide bonds. The first-order chi connectivity index (χ1) is 9.09. The second-order valence-electron chi connectivity index (χ2n) is 4.78. The van der Waals surface area contributed by atoms with Gasteiger partial charge in [0.25, 0.3) is 0 Å². The molecule has 0 spiro atoms. The van der Waals surface area contributed by atoms with E-state index in [1.807, 2.05) is 13.0 Å². The Morgan fingerprint density at radius 3 is 2.58 bits per heavy atom. The number of rotatable bonds is 3. The molecule has 1 unspecified atom stereocenters. The Morgan fingerprint density at radius 1 is 1.37 bits per heavy atom. The molecule has 1 aliphatic rings. The van der Waals surface area contributed by atoms with Gasteiger partial charge in [0.2, 0.25) is 0 Å². The predicted molar refractivity (Wildman–Crippen MR) is 72.2 cm³/mol. The van der Waals surface area contributed by atoms with E-state index in [4.69, 9.17) is 5.11 Å². The van der Waals surface area contributed by atoms with E-state index in [0.29, 0.717) is 12.2 Å². The first kappa shape index (κ1) is 13.4. The van der Waals surface area contributed by atoms with Crippen molar-refractivity contribution in [3.05, 3.63) is 30.3 Å². The van der Waals surface area contributed by atoms with Crippen molar-refractivity contribution in [1.29, 1.82) is 0 Å². The van der Waals surface area contributed by atoms with E-state index in [9.17, 15) is 9.59 Å². The van der Waals surface area contributed by atoms with Crippen LogP contribution in [0.25, 0.3) is 0 Å². The topological polar surface area (TPSA) is 60.9 Å². The van der Waals surface area contributed by atoms with Gasteiger partial charge in [-0.1, -0.05) is 18.2 Å². The van der Waals surface area contributed by atoms with Crippen molar-refractivity contribution in [1.82, 2.24) is 4.90 Å². The second-order valence-corrected chi connectivity index (χ2v) is 4.78. The molecule has 0 aromatic heterocycles. The molecule has 1 aromatic carbocycles. The number of hydrogen-bond acceptors (Lipinski definition) is 2. The van der Waals surface area contributed by atoms with E-state index in [2.05, 4.69) is 0 Å². The van der Waals surface area contributed by atoms with Gasteiger partial charge in [-0.15, -0.1) is 0 Å². The summed E-state index contributed by atoms with van der Waals surface area (Å²) in [6.07, 6.45) is 1.95. The maximum atomic E-state index is 12.5. The molecule has 1 aromatic rings. The van der Waals surface area contributed by atoms with Gasteiger partial charge in [-0.2, -0.15) is 0 Å². The maximum absolute atomic E-state index is 12.5. The number of carboxylic acids is 1. The summed E-state index contributed by atoms with van der Waals surface area (Å²) in [6.45, 7) is 2.38. The molecule has 102 valence electrons. The SMILES string of the molecule is CC1CCCN1C(=O)N(CC(=O)O)c1ccccc1. The number of amides is 2. The number of nitrogens with zero attached hydrogens (tertiary/aromatic N) is 2. The predicted octanol–water partition coefficient (Wildman–Crippen LogP) is 2.18. The van der Waals surface area contributed by atoms with Crippen molar-refractivity contribution in [3.63, 3.8) is 0 Å². The molecule has 19 heavy (non-hydrogen) atoms. The summed E-state index contributed by atoms with van der Waals surface area (Å²) >= 11 is 0. The van der Waals surface area contributed by atoms with Crippen LogP contribution in [-0.4, -0.2) is 41.1 Å². The van der Waals surface area contributed by atoms with Crippen molar-refractivity contribution >= 4 is 17.7 Å². The molecular weight excluding hydrogens is 244 g/mol. The average molecular weight is 262 g/mol. The van der Waals surface area contributed by atoms with Gasteiger partial charge < -0.3 is 10.0 Å². The van der Waals surface area contributed by atoms with Gasteiger partial charge in [-0.05, 0) is 31.9 Å². The third-order valence-electron chi connectivity index (χ3n) is 3.39. The number of benzene rings is 1. The van der Waals surface area contributed by atoms with Crippen LogP contribution in [0.4, 0.5) is 10.5 Å². The molecule has 5 nitrogen and oxygen atoms in total. The van der Waals surface area contributed by atoms with Crippen LogP contribution in [0.3, 0.4) is 0 Å². The number of hydrogen-bond donors (Lipinski definition) is 1. The monoisotopic (exact) mass is 262 g/mol. The maximum Gasteiger partial charge on any atom is 0.325 e. The largest absolute Gasteiger partial charge is 0.480 e. The zero-order valence-electron chi connectivity index (χ0n) is 11.0. The number of carboxylic acid groups (broad SMARTS) is 1. The molecule has 1 heterocycles. The first-order valence-corrected chi connectivity index (χ1v) is 6.44. The van der Waals surface area contributed by atoms with E-state index in [-0.39, 0.29) is 18.6 Å². The molecule has 1 aliphatic heterocycles. The quantitative estimate of drug-likeness (QED) is 0.908. The number of likely N-dealkylation sites (tertiary alicyclic amines) is 1. The van der Waals surface area contributed by atoms with E-state index in [1.54, 1.807) is 29.2 Å². The number of urea groups is 1. The van der Waals surface area contributed by atoms with Gasteiger partial charge in [-0.3, -0.25) is 9.69 Å². The van der Waals surface area contributed by atoms with Crippen molar-refractivity contribution in [2.75, 3.05) is 18.0 Å². The number of anilines is 1. The summed E-state index contributed by atoms with van der Waals surface area (Å²) in [6, 6.07) is 8.88. The van der Waals surface area contributed by atoms with Gasteiger partial charge in [0, 0.05) is 18.3 Å². The summed E-state index contributed by atoms with van der Waals surface area (Å²) < 4.78 is 0. The van der Waals surface area contributed by atoms with E-state index in [0.717, 1.165) is 12.8 Å². The van der Waals surface area contributed by atoms with Crippen LogP contribution in [0.2, 0.25) is 0 Å². The first-order valence-electron chi connectivity index (χ1n) is 6.44. The highest BCUT2D eigenvalue weighted by atomic mass is 16.4. The third-order valence-corrected chi connectivity index (χ3v) is 3.39. The smallest absolute Gasteiger partial charge is 0.325 e. The molecule has 0 radical (unpaired) electrons. The molecule has 0 aliphatic carbocycles. The lowest BCUT2D eigenvalue weighted by molar-refractivity contribution is -0.135. The second kappa shape index (κ2) is 5.73. The minimum Gasteiger partial charge on any atom is -0.480 e. The molecule has 1 saturated heterocycles. The summed E-state index contributed by atoms with van der Waals surface area (Å²) in [4.78, 5) is 26.5. The van der Waals surface area contributed by atoms with Gasteiger partial charge in [0.1, 0.15) is 6.54 Å². The van der Waals surface area contributed by atoms with Crippen LogP contribution in [0.1, 0.15) is 19.8 Å². The Hall–Kier alpha value is -2.04. The summed E-state index contributed by atoms with van der Waals surface area (Å²) in [5.41, 5.74) is 0.619. The van der Waals surface area contributed by atoms with Crippen molar-refractivity contribution < 1.29 is 14.7 Å². The van der Waals surface area contributed by atoms with Crippen LogP contribution in [0.15, 0.2) is 30.3 Å². The molecule has 0 saturated carbocycles. The number of aliphatic carboxylic acids is 1. The Kier molecular flexibility index (Phi) is 4.04. The average Bonchev–Trinajstić information content (AvgIpc) is 2.82. The van der Waals surface area contributed by atoms with Crippen molar-refractivity contribution in [3.8, 4) is 0 Å². The molecule has 0 bridgehead atoms. The summed E-state index contributed by atoms with van der Waals surface area (Å²) in [5.74, 6) is -1.01. The van der Waals surface area contributed by atoms with Crippen LogP contribution in [-0.2, 0) is 4.79 Å². The molecule has 1 fully saturated rings. The van der Waals surface area contributed by atoms with Crippen molar-refractivity contribution in [2.24, 2.45) is 0 Å². The molecule has 5 heteroatoms. The third kappa shape index (κ3) is 3.05. The normalized spacial score (nSPS) is 18.4. The fourth-order valence-corrected chi connectivity index (χ4v) is 2.39. The molecule has 1 N–H and O–H groups in total. The highest BCUT2D eigenvalue weighted by Crippen LogP contribution is 2.22. The van der Waals surface area contributed by atoms with Crippen LogP contribution < -0.4 is 4.90 Å². The Balaban J connectivity index is 2.22. The highest BCUT2D eigenvalue weighted by molar-refractivity contribution is 5.96. The molecule has 1 atom stereocenters. The summed E-state index contributed by atoms with van der Waals surface area (Å²) in [7, 11) is 0. The number of carbonyl (C=O) groups excluding carboxylic acids is 1. The Labute approximate surface area is 112 Å². The van der Waals surface area contributed by atoms with E-state index >= 15 is 0 Å². The van der Waals surface area contributed by atoms with Gasteiger partial charge in [0.15, 0.2) is 0 Å². The molecule has 2 rings (SSSR count). The number of carbonyl (C=O) groups is 2. The van der Waals surface area contributed by atoms with E-state index < -0.39 is 5.97 Å². The lowest BCUT2D eigenvalue weighted by Crippen LogP contribution is -2.46. The van der Waals surface area contributed by atoms with Crippen LogP contribution in [0, 0.1) is 0 Å². The van der Waals surface area contributed by atoms with Gasteiger partial charge in [0.05, 0.1) is 0 Å². The van der Waals surface area contributed by atoms with E-state index in [1.165, 1.54) is 4.90 Å². The molecular formula is C14H18N2O3. The van der Waals surface area contributed by atoms with Gasteiger partial charge >= 0.3 is 12.0 Å². The van der Waals surface area contributed by atoms with Crippen LogP contribution in [0.5, 0.6) is 0 Å². The Morgan fingerprint density at radius 2 is 2.05 bits per heavy atom. The summed E-state index contributed by atoms with van der Waals surface area (Å²) in [5, 5.41) is 8.99.